The van der Waals surface area contributed by atoms with Crippen LogP contribution in [0.2, 0.25) is 10.3 Å². The van der Waals surface area contributed by atoms with Gasteiger partial charge in [-0.25, -0.2) is 38.0 Å². The van der Waals surface area contributed by atoms with Gasteiger partial charge in [-0.2, -0.15) is 10.2 Å². The molecule has 0 aliphatic carbocycles. The zero-order chi connectivity index (χ0) is 98.2. The predicted octanol–water partition coefficient (Wildman–Crippen LogP) is 13.6. The van der Waals surface area contributed by atoms with E-state index in [1.54, 1.807) is 96.8 Å². The van der Waals surface area contributed by atoms with Crippen LogP contribution in [-0.2, 0) is 39.1 Å². The van der Waals surface area contributed by atoms with E-state index in [1.807, 2.05) is 152 Å². The number of ether oxygens (including phenoxy) is 11. The van der Waals surface area contributed by atoms with Crippen LogP contribution in [0, 0.1) is 10.1 Å². The van der Waals surface area contributed by atoms with Crippen LogP contribution in [0.4, 0.5) is 57.1 Å². The quantitative estimate of drug-likeness (QED) is 0.00681. The fourth-order valence-electron chi connectivity index (χ4n) is 14.8. The second-order valence-corrected chi connectivity index (χ2v) is 32.0. The molecule has 0 atom stereocenters. The van der Waals surface area contributed by atoms with Crippen molar-refractivity contribution in [1.82, 2.24) is 79.7 Å². The second kappa shape index (κ2) is 48.1. The van der Waals surface area contributed by atoms with Gasteiger partial charge in [0.15, 0.2) is 73.1 Å². The minimum atomic E-state index is -0.537. The molecule has 41 nitrogen and oxygen atoms in total. The number of anilines is 9. The molecule has 2 aliphatic rings. The SMILES string of the molecule is CNc1cc2nn3c(cnc13)C(=O)NCCCOc1ccc(OC)c(c1)N2.COc1ccc(CN(C)c2cc(Cl)nn3c(C(=O)NCCCOc4ccc(OC)c(N)c4)cnc23)cc1.COc1ccc(CN(C)c2cc(Cl)nn3c(C(=O)NCCCOc4ccc(OC)c([N+](=O)[O-])c4)cnc23)cc1.COc1ccc(CN(C)c2cc3nn4c(cnc24)C(=O)NCCCOc2ccc(OC)c(c2)N3)cc1.[Zn]. The van der Waals surface area contributed by atoms with Crippen LogP contribution in [-0.4, -0.2) is 218 Å². The summed E-state index contributed by atoms with van der Waals surface area (Å²) in [5, 5.41) is 50.6. The molecule has 44 heteroatoms. The standard InChI is InChI=1S/C26H27ClN6O6.C26H29ClN6O4.C26H28N6O4.C18H20N6O3.Zn/c1-31(16-17-5-7-18(37-2)8-6-17)21-14-24(27)30-32-22(15-29-25(21)32)26(34)28-11-4-12-39-19-9-10-23(38-3)20(13-19)33(35)36;1-32(16-17-5-7-18(35-2)8-6-17)21-14-24(27)31-33-22(15-30-25(21)33)26(34)29-11-4-12-37-19-9-10-23(36-3)20(28)13-19;1-31(16-17-5-7-18(34-2)8-6-17)21-14-24-29-20-13-19(9-10-23(20)35-3)36-12-4-11-27-26(33)22-15-28-25(21)32(22)30-24;1-19-13-9-16-22-12-8-11(4-5-15(12)26-2)27-7-3-6-20-18(25)14-10-21-17(13)24(14)23-16;/h5-10,13-15H,4,11-12,16H2,1-3H3,(H,28,34);5-10,13-15H,4,11-12,16,28H2,1-3H3,(H,29,34);5-10,13-15H,4,11-12,16H2,1-3H3,(H,27,33)(H,29,30);4-5,8-10,19H,3,6-7H2,1-2H3,(H,20,25)(H,22,23);. The Bertz CT molecular complexity index is 6860. The van der Waals surface area contributed by atoms with E-state index in [4.69, 9.17) is 86.1 Å². The van der Waals surface area contributed by atoms with Crippen molar-refractivity contribution in [2.24, 2.45) is 0 Å². The Morgan fingerprint density at radius 1 is 0.471 bits per heavy atom. The first-order chi connectivity index (χ1) is 67.4. The summed E-state index contributed by atoms with van der Waals surface area (Å²) in [5.41, 5.74) is 17.3. The van der Waals surface area contributed by atoms with Crippen LogP contribution in [0.5, 0.6) is 63.2 Å². The number of nitro benzene ring substituents is 1. The smallest absolute Gasteiger partial charge is 0.314 e. The summed E-state index contributed by atoms with van der Waals surface area (Å²) in [6.45, 7) is 5.06. The molecule has 8 aromatic heterocycles. The van der Waals surface area contributed by atoms with Crippen molar-refractivity contribution in [2.75, 3.05) is 167 Å². The second-order valence-electron chi connectivity index (χ2n) is 31.2. The number of nitrogens with zero attached hydrogens (tertiary/aromatic N) is 16. The first-order valence-corrected chi connectivity index (χ1v) is 44.6. The molecule has 726 valence electrons. The summed E-state index contributed by atoms with van der Waals surface area (Å²) in [6.07, 6.45) is 8.41. The number of fused-ring (bicyclic) bond motifs is 8. The normalized spacial score (nSPS) is 12.0. The number of halogens is 2. The van der Waals surface area contributed by atoms with Crippen LogP contribution < -0.4 is 110 Å². The third-order valence-electron chi connectivity index (χ3n) is 21.8. The largest absolute Gasteiger partial charge is 0.497 e. The van der Waals surface area contributed by atoms with Gasteiger partial charge in [0.1, 0.15) is 57.5 Å². The van der Waals surface area contributed by atoms with Crippen molar-refractivity contribution in [1.29, 1.82) is 0 Å². The van der Waals surface area contributed by atoms with Gasteiger partial charge < -0.3 is 110 Å². The third-order valence-corrected chi connectivity index (χ3v) is 22.2. The fourth-order valence-corrected chi connectivity index (χ4v) is 15.1. The third kappa shape index (κ3) is 25.2. The van der Waals surface area contributed by atoms with Crippen molar-refractivity contribution < 1.29 is 95.7 Å². The minimum absolute atomic E-state index is 0. The summed E-state index contributed by atoms with van der Waals surface area (Å²) in [4.78, 5) is 85.6. The van der Waals surface area contributed by atoms with E-state index >= 15 is 0 Å². The van der Waals surface area contributed by atoms with Crippen LogP contribution in [0.25, 0.3) is 22.6 Å². The molecule has 4 amide bonds. The number of carbonyl (C=O) groups is 4. The molecule has 0 radical (unpaired) electrons. The zero-order valence-corrected chi connectivity index (χ0v) is 83.2. The minimum Gasteiger partial charge on any atom is -0.497 e. The van der Waals surface area contributed by atoms with E-state index in [0.717, 1.165) is 51.0 Å². The number of nitrogen functional groups attached to an aromatic ring is 1. The summed E-state index contributed by atoms with van der Waals surface area (Å²) >= 11 is 12.6. The van der Waals surface area contributed by atoms with Gasteiger partial charge in [-0.1, -0.05) is 59.6 Å². The molecule has 0 saturated heterocycles. The van der Waals surface area contributed by atoms with E-state index in [0.29, 0.717) is 206 Å². The van der Waals surface area contributed by atoms with Crippen molar-refractivity contribution in [3.05, 3.63) is 255 Å². The molecule has 0 unspecified atom stereocenters. The molecule has 9 N–H and O–H groups in total. The van der Waals surface area contributed by atoms with Gasteiger partial charge in [-0.05, 0) is 127 Å². The van der Waals surface area contributed by atoms with E-state index in [1.165, 1.54) is 51.4 Å². The zero-order valence-electron chi connectivity index (χ0n) is 78.7. The Labute approximate surface area is 827 Å². The Morgan fingerprint density at radius 2 is 0.857 bits per heavy atom. The molecule has 15 aromatic rings. The van der Waals surface area contributed by atoms with Gasteiger partial charge in [0, 0.05) is 136 Å². The van der Waals surface area contributed by atoms with Gasteiger partial charge in [-0.15, -0.1) is 10.2 Å². The van der Waals surface area contributed by atoms with E-state index in [-0.39, 0.29) is 77.2 Å². The molecule has 0 fully saturated rings. The number of imidazole rings is 4. The Balaban J connectivity index is 0.000000158. The Morgan fingerprint density at radius 3 is 1.28 bits per heavy atom. The van der Waals surface area contributed by atoms with Crippen molar-refractivity contribution in [3.8, 4) is 63.2 Å². The molecule has 2 aliphatic heterocycles. The molecule has 17 rings (SSSR count). The number of methoxy groups -OCH3 is 7. The Hall–Kier alpha value is -16.1. The van der Waals surface area contributed by atoms with Gasteiger partial charge in [0.05, 0.1) is 152 Å². The average molecular weight is 2000 g/mol. The van der Waals surface area contributed by atoms with Gasteiger partial charge >= 0.3 is 5.69 Å². The van der Waals surface area contributed by atoms with Crippen molar-refractivity contribution in [2.45, 2.75) is 45.3 Å². The number of hydrogen-bond donors (Lipinski definition) is 8. The maximum atomic E-state index is 12.9. The van der Waals surface area contributed by atoms with Crippen LogP contribution in [0.3, 0.4) is 0 Å². The van der Waals surface area contributed by atoms with Crippen LogP contribution in [0.15, 0.2) is 195 Å². The predicted molar refractivity (Wildman–Crippen MR) is 526 cm³/mol. The molecule has 140 heavy (non-hydrogen) atoms. The average Bonchev–Trinajstić information content (AvgIpc) is 1.63. The Kier molecular flexibility index (Phi) is 34.8. The van der Waals surface area contributed by atoms with Gasteiger partial charge in [0.2, 0.25) is 0 Å². The van der Waals surface area contributed by atoms with Gasteiger partial charge in [-0.3, -0.25) is 29.3 Å². The molecule has 0 saturated carbocycles. The molecule has 8 bridgehead atoms. The van der Waals surface area contributed by atoms with Crippen molar-refractivity contribution >= 4 is 127 Å². The van der Waals surface area contributed by atoms with Crippen LogP contribution >= 0.6 is 23.2 Å². The summed E-state index contributed by atoms with van der Waals surface area (Å²) in [7, 11) is 18.6. The van der Waals surface area contributed by atoms with E-state index < -0.39 is 4.92 Å². The number of benzene rings is 7. The molecule has 0 spiro atoms. The number of nitrogens with one attached hydrogen (secondary N) is 7. The van der Waals surface area contributed by atoms with Gasteiger partial charge in [0.25, 0.3) is 23.6 Å². The van der Waals surface area contributed by atoms with Crippen molar-refractivity contribution in [3.63, 3.8) is 0 Å². The number of hydrogen-bond acceptors (Lipinski definition) is 32. The maximum absolute atomic E-state index is 12.9. The summed E-state index contributed by atoms with van der Waals surface area (Å²) < 4.78 is 65.7. The number of carbonyl (C=O) groups excluding carboxylic acids is 4. The number of nitro groups is 1. The summed E-state index contributed by atoms with van der Waals surface area (Å²) in [6, 6.07) is 51.3. The molecular formula is C96H104Cl2N24O17Zn. The first kappa shape index (κ1) is 101. The topological polar surface area (TPSA) is 454 Å². The monoisotopic (exact) mass is 2000 g/mol. The van der Waals surface area contributed by atoms with E-state index in [9.17, 15) is 29.3 Å². The molecule has 10 heterocycles. The first-order valence-electron chi connectivity index (χ1n) is 43.8. The number of amides is 4. The number of aromatic nitrogens is 12. The number of rotatable bonds is 30. The molecular weight excluding hydrogens is 1900 g/mol. The molecule has 7 aromatic carbocycles. The fraction of sp³-hybridized carbons (Fsp3) is 0.271. The number of nitrogens with two attached hydrogens (primary N) is 1. The summed E-state index contributed by atoms with van der Waals surface area (Å²) in [5.74, 6) is 6.69. The van der Waals surface area contributed by atoms with Crippen LogP contribution in [0.1, 0.15) is 84.3 Å². The van der Waals surface area contributed by atoms with E-state index in [2.05, 4.69) is 77.3 Å². The maximum Gasteiger partial charge on any atom is 0.314 e.